The minimum absolute atomic E-state index is 0.226. The largest absolute Gasteiger partial charge is 0.480 e. The van der Waals surface area contributed by atoms with E-state index < -0.39 is 23.1 Å². The summed E-state index contributed by atoms with van der Waals surface area (Å²) in [5, 5.41) is 9.36. The van der Waals surface area contributed by atoms with Gasteiger partial charge in [0.2, 0.25) is 0 Å². The van der Waals surface area contributed by atoms with E-state index in [1.807, 2.05) is 0 Å². The zero-order valence-electron chi connectivity index (χ0n) is 9.82. The lowest BCUT2D eigenvalue weighted by Crippen LogP contribution is -2.34. The summed E-state index contributed by atoms with van der Waals surface area (Å²) in [6, 6.07) is 4.26. The highest BCUT2D eigenvalue weighted by molar-refractivity contribution is 5.85. The highest BCUT2D eigenvalue weighted by Crippen LogP contribution is 2.35. The van der Waals surface area contributed by atoms with Gasteiger partial charge in [-0.3, -0.25) is 4.79 Å². The molecule has 1 aromatic carbocycles. The van der Waals surface area contributed by atoms with Gasteiger partial charge in [-0.05, 0) is 24.1 Å². The van der Waals surface area contributed by atoms with E-state index in [4.69, 9.17) is 0 Å². The van der Waals surface area contributed by atoms with Crippen LogP contribution in [0.15, 0.2) is 48.6 Å². The smallest absolute Gasteiger partial charge is 0.416 e. The quantitative estimate of drug-likeness (QED) is 0.890. The number of carboxylic acids is 1. The number of hydrogen-bond acceptors (Lipinski definition) is 1. The summed E-state index contributed by atoms with van der Waals surface area (Å²) in [5.41, 5.74) is -1.72. The topological polar surface area (TPSA) is 37.3 Å². The Morgan fingerprint density at radius 3 is 2.21 bits per heavy atom. The van der Waals surface area contributed by atoms with Gasteiger partial charge in [0.1, 0.15) is 5.41 Å². The molecule has 1 atom stereocenters. The Balaban J connectivity index is 2.43. The van der Waals surface area contributed by atoms with E-state index in [1.54, 1.807) is 18.2 Å². The Morgan fingerprint density at radius 1 is 1.16 bits per heavy atom. The van der Waals surface area contributed by atoms with Crippen molar-refractivity contribution < 1.29 is 23.1 Å². The molecule has 2 rings (SSSR count). The maximum absolute atomic E-state index is 12.5. The molecule has 0 bridgehead atoms. The van der Waals surface area contributed by atoms with Crippen molar-refractivity contribution in [2.75, 3.05) is 0 Å². The maximum atomic E-state index is 12.5. The minimum atomic E-state index is -4.42. The third-order valence-corrected chi connectivity index (χ3v) is 3.18. The van der Waals surface area contributed by atoms with Crippen LogP contribution in [0.5, 0.6) is 0 Å². The van der Waals surface area contributed by atoms with Crippen LogP contribution in [0.1, 0.15) is 17.5 Å². The number of halogens is 3. The van der Waals surface area contributed by atoms with Crippen molar-refractivity contribution in [2.24, 2.45) is 0 Å². The summed E-state index contributed by atoms with van der Waals surface area (Å²) < 4.78 is 37.4. The average Bonchev–Trinajstić information content (AvgIpc) is 2.38. The molecule has 0 spiro atoms. The number of benzene rings is 1. The third kappa shape index (κ3) is 2.41. The predicted molar refractivity (Wildman–Crippen MR) is 63.7 cm³/mol. The van der Waals surface area contributed by atoms with E-state index >= 15 is 0 Å². The number of carbonyl (C=O) groups is 1. The lowest BCUT2D eigenvalue weighted by molar-refractivity contribution is -0.141. The van der Waals surface area contributed by atoms with Crippen LogP contribution in [0.3, 0.4) is 0 Å². The molecule has 100 valence electrons. The lowest BCUT2D eigenvalue weighted by Gasteiger charge is -2.27. The summed E-state index contributed by atoms with van der Waals surface area (Å²) in [6.45, 7) is 0. The van der Waals surface area contributed by atoms with Crippen molar-refractivity contribution in [3.8, 4) is 0 Å². The Kier molecular flexibility index (Phi) is 3.22. The van der Waals surface area contributed by atoms with Gasteiger partial charge in [-0.1, -0.05) is 36.4 Å². The first-order valence-corrected chi connectivity index (χ1v) is 5.62. The fraction of sp³-hybridized carbons (Fsp3) is 0.214. The second kappa shape index (κ2) is 4.57. The number of alkyl halides is 3. The van der Waals surface area contributed by atoms with Crippen LogP contribution in [0, 0.1) is 0 Å². The normalized spacial score (nSPS) is 22.5. The highest BCUT2D eigenvalue weighted by Gasteiger charge is 2.38. The molecule has 0 heterocycles. The van der Waals surface area contributed by atoms with Gasteiger partial charge in [0, 0.05) is 0 Å². The zero-order chi connectivity index (χ0) is 14.1. The molecule has 19 heavy (non-hydrogen) atoms. The molecule has 5 heteroatoms. The van der Waals surface area contributed by atoms with Crippen molar-refractivity contribution in [1.29, 1.82) is 0 Å². The van der Waals surface area contributed by atoms with Crippen LogP contribution in [-0.2, 0) is 16.4 Å². The summed E-state index contributed by atoms with van der Waals surface area (Å²) in [4.78, 5) is 11.5. The molecular weight excluding hydrogens is 257 g/mol. The average molecular weight is 268 g/mol. The minimum Gasteiger partial charge on any atom is -0.480 e. The van der Waals surface area contributed by atoms with Gasteiger partial charge in [-0.15, -0.1) is 0 Å². The van der Waals surface area contributed by atoms with Crippen molar-refractivity contribution in [3.63, 3.8) is 0 Å². The van der Waals surface area contributed by atoms with Crippen LogP contribution in [0.25, 0.3) is 0 Å². The number of allylic oxidation sites excluding steroid dienone is 3. The Morgan fingerprint density at radius 2 is 1.79 bits per heavy atom. The van der Waals surface area contributed by atoms with Crippen molar-refractivity contribution in [1.82, 2.24) is 0 Å². The summed E-state index contributed by atoms with van der Waals surface area (Å²) >= 11 is 0. The molecule has 1 N–H and O–H groups in total. The fourth-order valence-corrected chi connectivity index (χ4v) is 2.07. The molecule has 2 nitrogen and oxygen atoms in total. The van der Waals surface area contributed by atoms with Gasteiger partial charge >= 0.3 is 12.1 Å². The first kappa shape index (κ1) is 13.4. The monoisotopic (exact) mass is 268 g/mol. The fourth-order valence-electron chi connectivity index (χ4n) is 2.07. The van der Waals surface area contributed by atoms with Gasteiger partial charge in [-0.25, -0.2) is 0 Å². The van der Waals surface area contributed by atoms with Crippen molar-refractivity contribution in [2.45, 2.75) is 18.0 Å². The van der Waals surface area contributed by atoms with Gasteiger partial charge in [0.05, 0.1) is 5.56 Å². The van der Waals surface area contributed by atoms with Crippen molar-refractivity contribution >= 4 is 5.97 Å². The van der Waals surface area contributed by atoms with Gasteiger partial charge in [-0.2, -0.15) is 13.2 Å². The summed E-state index contributed by atoms with van der Waals surface area (Å²) in [5.74, 6) is -1.08. The number of aliphatic carboxylic acids is 1. The molecule has 0 amide bonds. The molecular formula is C14H11F3O2. The van der Waals surface area contributed by atoms with Crippen molar-refractivity contribution in [3.05, 3.63) is 59.7 Å². The molecule has 1 aromatic rings. The first-order chi connectivity index (χ1) is 8.86. The van der Waals surface area contributed by atoms with E-state index in [1.165, 1.54) is 18.2 Å². The molecule has 1 aliphatic carbocycles. The molecule has 0 fully saturated rings. The van der Waals surface area contributed by atoms with Gasteiger partial charge in [0.25, 0.3) is 0 Å². The molecule has 0 radical (unpaired) electrons. The van der Waals surface area contributed by atoms with Crippen LogP contribution in [-0.4, -0.2) is 11.1 Å². The molecule has 0 aromatic heterocycles. The Bertz CT molecular complexity index is 541. The standard InChI is InChI=1S/C14H11F3O2/c15-14(16,17)11-6-4-10(5-7-11)13(12(18)19)8-2-1-3-9-13/h1-8H,9H2,(H,18,19). The number of carboxylic acid groups (broad SMARTS) is 1. The second-order valence-corrected chi connectivity index (χ2v) is 4.34. The zero-order valence-corrected chi connectivity index (χ0v) is 9.82. The molecule has 0 aliphatic heterocycles. The lowest BCUT2D eigenvalue weighted by atomic mass is 9.75. The highest BCUT2D eigenvalue weighted by atomic mass is 19.4. The van der Waals surface area contributed by atoms with Crippen LogP contribution in [0.2, 0.25) is 0 Å². The maximum Gasteiger partial charge on any atom is 0.416 e. The SMILES string of the molecule is O=C(O)C1(c2ccc(C(F)(F)F)cc2)C=CC=CC1. The number of hydrogen-bond donors (Lipinski definition) is 1. The third-order valence-electron chi connectivity index (χ3n) is 3.18. The summed E-state index contributed by atoms with van der Waals surface area (Å²) in [7, 11) is 0. The molecule has 1 unspecified atom stereocenters. The van der Waals surface area contributed by atoms with E-state index in [0.29, 0.717) is 5.56 Å². The first-order valence-electron chi connectivity index (χ1n) is 5.62. The van der Waals surface area contributed by atoms with E-state index in [0.717, 1.165) is 12.1 Å². The van der Waals surface area contributed by atoms with E-state index in [9.17, 15) is 23.1 Å². The summed E-state index contributed by atoms with van der Waals surface area (Å²) in [6.07, 6.45) is 2.30. The van der Waals surface area contributed by atoms with Gasteiger partial charge in [0.15, 0.2) is 0 Å². The Labute approximate surface area is 107 Å². The van der Waals surface area contributed by atoms with Gasteiger partial charge < -0.3 is 5.11 Å². The van der Waals surface area contributed by atoms with Crippen LogP contribution < -0.4 is 0 Å². The van der Waals surface area contributed by atoms with E-state index in [-0.39, 0.29) is 6.42 Å². The van der Waals surface area contributed by atoms with Crippen LogP contribution in [0.4, 0.5) is 13.2 Å². The molecule has 0 saturated heterocycles. The molecule has 1 aliphatic rings. The second-order valence-electron chi connectivity index (χ2n) is 4.34. The van der Waals surface area contributed by atoms with Crippen LogP contribution >= 0.6 is 0 Å². The van der Waals surface area contributed by atoms with E-state index in [2.05, 4.69) is 0 Å². The predicted octanol–water partition coefficient (Wildman–Crippen LogP) is 3.54. The number of rotatable bonds is 2. The molecule has 0 saturated carbocycles. The Hall–Kier alpha value is -2.04.